The third kappa shape index (κ3) is 19.8. The number of hydrogen-bond donors (Lipinski definition) is 8. The lowest BCUT2D eigenvalue weighted by atomic mass is 10.1. The highest BCUT2D eigenvalue weighted by Gasteiger charge is 2.13. The van der Waals surface area contributed by atoms with Crippen LogP contribution in [0, 0.1) is 0 Å². The Bertz CT molecular complexity index is 1890. The molecule has 0 fully saturated rings. The molecule has 0 spiro atoms. The fraction of sp³-hybridized carbons (Fsp3) is 0.542. The average molecular weight is 885 g/mol. The number of ether oxygens (including phenoxy) is 2. The molecule has 2 aromatic heterocycles. The van der Waals surface area contributed by atoms with E-state index in [-0.39, 0.29) is 61.4 Å². The minimum absolute atomic E-state index is 0.111. The molecule has 4 amide bonds. The van der Waals surface area contributed by atoms with E-state index in [0.29, 0.717) is 26.2 Å². The molecule has 0 saturated heterocycles. The van der Waals surface area contributed by atoms with Crippen molar-refractivity contribution in [3.8, 4) is 11.5 Å². The van der Waals surface area contributed by atoms with Gasteiger partial charge in [-0.1, -0.05) is 12.1 Å². The van der Waals surface area contributed by atoms with Crippen molar-refractivity contribution < 1.29 is 28.7 Å². The van der Waals surface area contributed by atoms with Crippen molar-refractivity contribution in [2.75, 3.05) is 77.2 Å². The zero-order chi connectivity index (χ0) is 45.8. The van der Waals surface area contributed by atoms with Crippen LogP contribution >= 0.6 is 0 Å². The predicted molar refractivity (Wildman–Crippen MR) is 256 cm³/mol. The van der Waals surface area contributed by atoms with Gasteiger partial charge in [-0.3, -0.25) is 29.1 Å². The van der Waals surface area contributed by atoms with Crippen molar-refractivity contribution in [2.45, 2.75) is 103 Å². The molecule has 2 aromatic carbocycles. The summed E-state index contributed by atoms with van der Waals surface area (Å²) in [6.45, 7) is 9.89. The fourth-order valence-corrected chi connectivity index (χ4v) is 7.17. The molecule has 0 aliphatic carbocycles. The first-order chi connectivity index (χ1) is 31.1. The minimum atomic E-state index is -0.115. The Morgan fingerprint density at radius 1 is 0.500 bits per heavy atom. The standard InChI is InChI=1S/C48H72N10O6/c1-35(57-41-33-39(63-3)31-37-15-9-27-55-47(37)41)13-7-25-51-43(59)17-19-45(61)53-29-11-23-49-21-5-6-22-50-24-12-30-54-46(62)20-18-44(60)52-26-8-14-36(2)58-42-34-40(64-4)32-38-16-10-28-56-48(38)42/h9-10,15-16,27-28,31-36,49-50,57-58H,5-8,11-14,17-26,29-30H2,1-4H3,(H,51,59)(H,52,60)(H,53,61)(H,54,62). The summed E-state index contributed by atoms with van der Waals surface area (Å²) in [4.78, 5) is 58.0. The maximum atomic E-state index is 12.3. The lowest BCUT2D eigenvalue weighted by Gasteiger charge is -2.17. The molecule has 0 aliphatic heterocycles. The van der Waals surface area contributed by atoms with Crippen molar-refractivity contribution in [3.63, 3.8) is 0 Å². The van der Waals surface area contributed by atoms with Gasteiger partial charge in [0.2, 0.25) is 23.6 Å². The number of carbonyl (C=O) groups excluding carboxylic acids is 4. The molecule has 64 heavy (non-hydrogen) atoms. The first-order valence-corrected chi connectivity index (χ1v) is 23.0. The second kappa shape index (κ2) is 29.6. The van der Waals surface area contributed by atoms with E-state index in [2.05, 4.69) is 66.3 Å². The molecule has 2 unspecified atom stereocenters. The Morgan fingerprint density at radius 2 is 0.859 bits per heavy atom. The number of unbranched alkanes of at least 4 members (excludes halogenated alkanes) is 1. The summed E-state index contributed by atoms with van der Waals surface area (Å²) in [7, 11) is 3.30. The zero-order valence-corrected chi connectivity index (χ0v) is 38.4. The summed E-state index contributed by atoms with van der Waals surface area (Å²) in [5.41, 5.74) is 3.63. The second-order valence-electron chi connectivity index (χ2n) is 16.2. The highest BCUT2D eigenvalue weighted by Crippen LogP contribution is 2.29. The maximum absolute atomic E-state index is 12.3. The van der Waals surface area contributed by atoms with E-state index in [4.69, 9.17) is 9.47 Å². The number of benzene rings is 2. The van der Waals surface area contributed by atoms with Gasteiger partial charge in [0.05, 0.1) is 36.6 Å². The molecular formula is C48H72N10O6. The van der Waals surface area contributed by atoms with E-state index in [1.165, 1.54) is 0 Å². The fourth-order valence-electron chi connectivity index (χ4n) is 7.17. The van der Waals surface area contributed by atoms with Crippen LogP contribution in [0.5, 0.6) is 11.5 Å². The van der Waals surface area contributed by atoms with E-state index in [1.807, 2.05) is 48.5 Å². The summed E-state index contributed by atoms with van der Waals surface area (Å²) in [6.07, 6.45) is 11.3. The number of carbonyl (C=O) groups is 4. The molecule has 8 N–H and O–H groups in total. The SMILES string of the molecule is COc1cc(NC(C)CCCNC(=O)CCC(=O)NCCCNCCCCNCCCNC(=O)CCC(=O)NCCCC(C)Nc2cc(OC)cc3cccnc23)c2ncccc2c1. The topological polar surface area (TPSA) is 209 Å². The summed E-state index contributed by atoms with van der Waals surface area (Å²) in [6, 6.07) is 16.0. The van der Waals surface area contributed by atoms with Crippen LogP contribution in [-0.4, -0.2) is 112 Å². The number of pyridine rings is 2. The van der Waals surface area contributed by atoms with Crippen LogP contribution in [0.4, 0.5) is 11.4 Å². The number of fused-ring (bicyclic) bond motifs is 2. The van der Waals surface area contributed by atoms with E-state index in [9.17, 15) is 19.2 Å². The molecule has 0 bridgehead atoms. The molecular weight excluding hydrogens is 813 g/mol. The Kier molecular flexibility index (Phi) is 23.5. The van der Waals surface area contributed by atoms with Gasteiger partial charge in [0.25, 0.3) is 0 Å². The molecule has 2 atom stereocenters. The van der Waals surface area contributed by atoms with Crippen LogP contribution < -0.4 is 52.0 Å². The summed E-state index contributed by atoms with van der Waals surface area (Å²) < 4.78 is 10.9. The Balaban J connectivity index is 0.873. The summed E-state index contributed by atoms with van der Waals surface area (Å²) >= 11 is 0. The Labute approximate surface area is 379 Å². The predicted octanol–water partition coefficient (Wildman–Crippen LogP) is 5.43. The van der Waals surface area contributed by atoms with Gasteiger partial charge in [0.1, 0.15) is 11.5 Å². The van der Waals surface area contributed by atoms with Gasteiger partial charge < -0.3 is 52.0 Å². The van der Waals surface area contributed by atoms with Crippen LogP contribution in [0.25, 0.3) is 21.8 Å². The van der Waals surface area contributed by atoms with Crippen molar-refractivity contribution in [3.05, 3.63) is 60.9 Å². The molecule has 0 radical (unpaired) electrons. The number of methoxy groups -OCH3 is 2. The van der Waals surface area contributed by atoms with Crippen molar-refractivity contribution >= 4 is 56.8 Å². The van der Waals surface area contributed by atoms with Gasteiger partial charge in [0, 0.05) is 99.2 Å². The Hall–Kier alpha value is -5.74. The first kappa shape index (κ1) is 50.9. The number of rotatable bonds is 33. The van der Waals surface area contributed by atoms with Crippen molar-refractivity contribution in [1.82, 2.24) is 41.9 Å². The normalized spacial score (nSPS) is 12.0. The van der Waals surface area contributed by atoms with E-state index >= 15 is 0 Å². The quantitative estimate of drug-likeness (QED) is 0.0282. The first-order valence-electron chi connectivity index (χ1n) is 23.0. The van der Waals surface area contributed by atoms with Crippen molar-refractivity contribution in [1.29, 1.82) is 0 Å². The van der Waals surface area contributed by atoms with Gasteiger partial charge in [0.15, 0.2) is 0 Å². The Morgan fingerprint density at radius 3 is 1.23 bits per heavy atom. The summed E-state index contributed by atoms with van der Waals surface area (Å²) in [5, 5.41) is 27.5. The molecule has 2 heterocycles. The van der Waals surface area contributed by atoms with Gasteiger partial charge in [-0.15, -0.1) is 0 Å². The molecule has 16 nitrogen and oxygen atoms in total. The van der Waals surface area contributed by atoms with E-state index < -0.39 is 0 Å². The molecule has 16 heteroatoms. The van der Waals surface area contributed by atoms with Gasteiger partial charge in [-0.25, -0.2) is 0 Å². The number of amides is 4. The number of nitrogens with zero attached hydrogens (tertiary/aromatic N) is 2. The largest absolute Gasteiger partial charge is 0.497 e. The third-order valence-corrected chi connectivity index (χ3v) is 10.7. The molecule has 350 valence electrons. The number of anilines is 2. The highest BCUT2D eigenvalue weighted by molar-refractivity contribution is 5.93. The molecule has 4 rings (SSSR count). The zero-order valence-electron chi connectivity index (χ0n) is 38.4. The van der Waals surface area contributed by atoms with Crippen molar-refractivity contribution in [2.24, 2.45) is 0 Å². The van der Waals surface area contributed by atoms with Gasteiger partial charge in [-0.05, 0) is 116 Å². The van der Waals surface area contributed by atoms with E-state index in [0.717, 1.165) is 122 Å². The van der Waals surface area contributed by atoms with Crippen LogP contribution in [-0.2, 0) is 19.2 Å². The average Bonchev–Trinajstić information content (AvgIpc) is 3.30. The van der Waals surface area contributed by atoms with Gasteiger partial charge >= 0.3 is 0 Å². The molecule has 0 aliphatic rings. The highest BCUT2D eigenvalue weighted by atomic mass is 16.5. The number of hydrogen-bond acceptors (Lipinski definition) is 12. The smallest absolute Gasteiger partial charge is 0.220 e. The maximum Gasteiger partial charge on any atom is 0.220 e. The minimum Gasteiger partial charge on any atom is -0.497 e. The van der Waals surface area contributed by atoms with E-state index in [1.54, 1.807) is 26.6 Å². The van der Waals surface area contributed by atoms with Crippen LogP contribution in [0.1, 0.15) is 90.9 Å². The molecule has 0 saturated carbocycles. The monoisotopic (exact) mass is 885 g/mol. The van der Waals surface area contributed by atoms with Crippen LogP contribution in [0.2, 0.25) is 0 Å². The third-order valence-electron chi connectivity index (χ3n) is 10.7. The number of nitrogens with one attached hydrogen (secondary N) is 8. The lowest BCUT2D eigenvalue weighted by Crippen LogP contribution is -2.30. The molecule has 4 aromatic rings. The lowest BCUT2D eigenvalue weighted by molar-refractivity contribution is -0.126. The van der Waals surface area contributed by atoms with Crippen LogP contribution in [0.15, 0.2) is 60.9 Å². The number of aromatic nitrogens is 2. The van der Waals surface area contributed by atoms with Gasteiger partial charge in [-0.2, -0.15) is 0 Å². The second-order valence-corrected chi connectivity index (χ2v) is 16.2. The van der Waals surface area contributed by atoms with Crippen LogP contribution in [0.3, 0.4) is 0 Å². The summed E-state index contributed by atoms with van der Waals surface area (Å²) in [5.74, 6) is 1.09.